The zero-order chi connectivity index (χ0) is 43.3. The van der Waals surface area contributed by atoms with Crippen LogP contribution in [0.1, 0.15) is 13.3 Å². The smallest absolute Gasteiger partial charge is 0.0542 e. The quantitative estimate of drug-likeness (QED) is 0.144. The molecule has 0 saturated carbocycles. The highest BCUT2D eigenvalue weighted by atomic mass is 15.1. The summed E-state index contributed by atoms with van der Waals surface area (Å²) in [5, 5.41) is 4.96. The van der Waals surface area contributed by atoms with Crippen molar-refractivity contribution in [3.63, 3.8) is 0 Å². The predicted molar refractivity (Wildman–Crippen MR) is 276 cm³/mol. The van der Waals surface area contributed by atoms with Crippen LogP contribution in [-0.4, -0.2) is 9.13 Å². The minimum absolute atomic E-state index is 0.557. The number of hydrogen-bond donors (Lipinski definition) is 0. The maximum absolute atomic E-state index is 2.42. The maximum atomic E-state index is 2.42. The van der Waals surface area contributed by atoms with Gasteiger partial charge in [0, 0.05) is 67.1 Å². The molecule has 0 amide bonds. The number of anilines is 6. The van der Waals surface area contributed by atoms with E-state index in [1.807, 2.05) is 0 Å². The van der Waals surface area contributed by atoms with Crippen LogP contribution in [0.3, 0.4) is 0 Å². The van der Waals surface area contributed by atoms with Crippen molar-refractivity contribution in [2.24, 2.45) is 5.92 Å². The van der Waals surface area contributed by atoms with Crippen LogP contribution in [0.15, 0.2) is 243 Å². The van der Waals surface area contributed by atoms with Gasteiger partial charge in [-0.2, -0.15) is 0 Å². The van der Waals surface area contributed by atoms with E-state index in [4.69, 9.17) is 0 Å². The lowest BCUT2D eigenvalue weighted by molar-refractivity contribution is 0.735. The Morgan fingerprint density at radius 1 is 0.369 bits per heavy atom. The first-order valence-electron chi connectivity index (χ1n) is 22.6. The summed E-state index contributed by atoms with van der Waals surface area (Å²) in [6.45, 7) is 2.28. The fraction of sp³-hybridized carbons (Fsp3) is 0.0492. The Labute approximate surface area is 379 Å². The highest BCUT2D eigenvalue weighted by Crippen LogP contribution is 2.43. The minimum atomic E-state index is 0.557. The maximum Gasteiger partial charge on any atom is 0.0542 e. The van der Waals surface area contributed by atoms with Crippen molar-refractivity contribution in [3.8, 4) is 16.8 Å². The third kappa shape index (κ3) is 6.79. The summed E-state index contributed by atoms with van der Waals surface area (Å²) >= 11 is 0. The second-order valence-corrected chi connectivity index (χ2v) is 17.1. The SMILES string of the molecule is CC1C=CC(n2c3ccccc3c3cc(N(c4ccccc4)c4ccc(-c5ccc(N(c6ccccc6)c6ccc7c(c6)c6ccccc6n7-c6ccccc6)cc5)cc4)ccc32)=CC1. The van der Waals surface area contributed by atoms with Crippen molar-refractivity contribution in [2.75, 3.05) is 9.80 Å². The van der Waals surface area contributed by atoms with Gasteiger partial charge in [-0.3, -0.25) is 0 Å². The fourth-order valence-electron chi connectivity index (χ4n) is 9.87. The minimum Gasteiger partial charge on any atom is -0.310 e. The molecule has 65 heavy (non-hydrogen) atoms. The molecule has 2 heterocycles. The van der Waals surface area contributed by atoms with Crippen LogP contribution < -0.4 is 9.80 Å². The number of hydrogen-bond acceptors (Lipinski definition) is 2. The van der Waals surface area contributed by atoms with E-state index in [1.54, 1.807) is 0 Å². The predicted octanol–water partition coefficient (Wildman–Crippen LogP) is 16.9. The number of nitrogens with zero attached hydrogens (tertiary/aromatic N) is 4. The first-order valence-corrected chi connectivity index (χ1v) is 22.6. The van der Waals surface area contributed by atoms with E-state index in [9.17, 15) is 0 Å². The van der Waals surface area contributed by atoms with E-state index < -0.39 is 0 Å². The second kappa shape index (κ2) is 16.1. The average molecular weight is 835 g/mol. The second-order valence-electron chi connectivity index (χ2n) is 17.1. The topological polar surface area (TPSA) is 16.3 Å². The van der Waals surface area contributed by atoms with E-state index in [1.165, 1.54) is 49.3 Å². The molecule has 310 valence electrons. The van der Waals surface area contributed by atoms with Crippen molar-refractivity contribution >= 4 is 83.4 Å². The van der Waals surface area contributed by atoms with Gasteiger partial charge >= 0.3 is 0 Å². The lowest BCUT2D eigenvalue weighted by atomic mass is 10.0. The van der Waals surface area contributed by atoms with E-state index in [0.717, 1.165) is 57.4 Å². The van der Waals surface area contributed by atoms with Crippen LogP contribution in [0.5, 0.6) is 0 Å². The standard InChI is InChI=1S/C61H46N4/c1-43-25-31-51(32-26-43)65-59-24-14-12-22-55(59)57-42-53(38-40-61(57)65)63(47-17-7-3-8-18-47)50-35-29-45(30-36-50)44-27-33-49(34-28-44)62(46-15-5-2-6-16-46)52-37-39-60-56(41-52)54-21-11-13-23-58(54)64(60)48-19-9-4-10-20-48/h2-25,27-43H,26H2,1H3. The number of rotatable bonds is 9. The molecule has 12 rings (SSSR count). The van der Waals surface area contributed by atoms with Crippen LogP contribution in [0.25, 0.3) is 66.1 Å². The summed E-state index contributed by atoms with van der Waals surface area (Å²) in [4.78, 5) is 4.72. The van der Waals surface area contributed by atoms with Crippen LogP contribution in [-0.2, 0) is 0 Å². The molecule has 9 aromatic carbocycles. The molecule has 0 fully saturated rings. The Hall–Kier alpha value is -8.34. The molecule has 0 N–H and O–H groups in total. The van der Waals surface area contributed by atoms with Crippen LogP contribution in [0.4, 0.5) is 34.1 Å². The first-order chi connectivity index (χ1) is 32.2. The highest BCUT2D eigenvalue weighted by molar-refractivity contribution is 6.12. The molecule has 1 unspecified atom stereocenters. The molecule has 0 bridgehead atoms. The van der Waals surface area contributed by atoms with Crippen LogP contribution >= 0.6 is 0 Å². The fourth-order valence-corrected chi connectivity index (χ4v) is 9.87. The molecule has 11 aromatic rings. The molecular weight excluding hydrogens is 789 g/mol. The number of aromatic nitrogens is 2. The summed E-state index contributed by atoms with van der Waals surface area (Å²) in [5.74, 6) is 0.557. The lowest BCUT2D eigenvalue weighted by Gasteiger charge is -2.26. The summed E-state index contributed by atoms with van der Waals surface area (Å²) in [7, 11) is 0. The van der Waals surface area contributed by atoms with Crippen molar-refractivity contribution < 1.29 is 0 Å². The monoisotopic (exact) mass is 834 g/mol. The van der Waals surface area contributed by atoms with Gasteiger partial charge in [-0.15, -0.1) is 0 Å². The summed E-state index contributed by atoms with van der Waals surface area (Å²) in [6.07, 6.45) is 8.03. The summed E-state index contributed by atoms with van der Waals surface area (Å²) < 4.78 is 4.79. The average Bonchev–Trinajstić information content (AvgIpc) is 3.88. The first kappa shape index (κ1) is 38.3. The Balaban J connectivity index is 0.896. The van der Waals surface area contributed by atoms with Crippen LogP contribution in [0.2, 0.25) is 0 Å². The lowest BCUT2D eigenvalue weighted by Crippen LogP contribution is -2.10. The van der Waals surface area contributed by atoms with Crippen molar-refractivity contribution in [1.82, 2.24) is 9.13 Å². The van der Waals surface area contributed by atoms with Gasteiger partial charge in [0.25, 0.3) is 0 Å². The molecule has 2 aromatic heterocycles. The summed E-state index contributed by atoms with van der Waals surface area (Å²) in [5.41, 5.74) is 16.2. The van der Waals surface area contributed by atoms with Crippen LogP contribution in [0, 0.1) is 5.92 Å². The highest BCUT2D eigenvalue weighted by Gasteiger charge is 2.20. The summed E-state index contributed by atoms with van der Waals surface area (Å²) in [6, 6.07) is 81.3. The molecular formula is C61H46N4. The molecule has 0 aliphatic heterocycles. The molecule has 0 spiro atoms. The third-order valence-electron chi connectivity index (χ3n) is 13.0. The molecule has 1 aliphatic carbocycles. The Kier molecular flexibility index (Phi) is 9.49. The van der Waals surface area contributed by atoms with E-state index in [-0.39, 0.29) is 0 Å². The number of allylic oxidation sites excluding steroid dienone is 4. The Bertz CT molecular complexity index is 3560. The zero-order valence-electron chi connectivity index (χ0n) is 36.2. The Morgan fingerprint density at radius 2 is 0.769 bits per heavy atom. The van der Waals surface area contributed by atoms with Crippen molar-refractivity contribution in [3.05, 3.63) is 243 Å². The van der Waals surface area contributed by atoms with E-state index >= 15 is 0 Å². The molecule has 0 saturated heterocycles. The third-order valence-corrected chi connectivity index (χ3v) is 13.0. The molecule has 0 radical (unpaired) electrons. The Morgan fingerprint density at radius 3 is 1.26 bits per heavy atom. The largest absolute Gasteiger partial charge is 0.310 e. The van der Waals surface area contributed by atoms with E-state index in [0.29, 0.717) is 5.92 Å². The van der Waals surface area contributed by atoms with Crippen molar-refractivity contribution in [1.29, 1.82) is 0 Å². The van der Waals surface area contributed by atoms with Gasteiger partial charge < -0.3 is 18.9 Å². The number of para-hydroxylation sites is 5. The number of benzene rings is 9. The molecule has 4 heteroatoms. The molecule has 1 aliphatic rings. The van der Waals surface area contributed by atoms with Gasteiger partial charge in [0.05, 0.1) is 22.1 Å². The zero-order valence-corrected chi connectivity index (χ0v) is 36.2. The van der Waals surface area contributed by atoms with Gasteiger partial charge in [0.1, 0.15) is 0 Å². The van der Waals surface area contributed by atoms with Gasteiger partial charge in [-0.1, -0.05) is 134 Å². The van der Waals surface area contributed by atoms with Gasteiger partial charge in [0.15, 0.2) is 0 Å². The van der Waals surface area contributed by atoms with E-state index in [2.05, 4.69) is 269 Å². The van der Waals surface area contributed by atoms with Gasteiger partial charge in [0.2, 0.25) is 0 Å². The number of fused-ring (bicyclic) bond motifs is 6. The normalized spacial score (nSPS) is 13.7. The molecule has 4 nitrogen and oxygen atoms in total. The van der Waals surface area contributed by atoms with Gasteiger partial charge in [-0.25, -0.2) is 0 Å². The molecule has 1 atom stereocenters. The van der Waals surface area contributed by atoms with Crippen molar-refractivity contribution in [2.45, 2.75) is 13.3 Å². The van der Waals surface area contributed by atoms with Gasteiger partial charge in [-0.05, 0) is 139 Å².